The van der Waals surface area contributed by atoms with Crippen molar-refractivity contribution in [3.05, 3.63) is 36.4 Å². The molecular weight excluding hydrogens is 256 g/mol. The molecule has 3 N–H and O–H groups in total. The smallest absolute Gasteiger partial charge is 0.415 e. The maximum atomic E-state index is 12.0. The van der Waals surface area contributed by atoms with Crippen molar-refractivity contribution in [3.8, 4) is 11.5 Å². The number of hydrogen-bond donors (Lipinski definition) is 2. The minimum Gasteiger partial charge on any atom is -0.504 e. The Hall–Kier alpha value is -2.27. The highest BCUT2D eigenvalue weighted by Crippen LogP contribution is 2.31. The van der Waals surface area contributed by atoms with Crippen molar-refractivity contribution >= 4 is 16.9 Å². The third-order valence-electron chi connectivity index (χ3n) is 3.51. The molecule has 3 rings (SSSR count). The maximum absolute atomic E-state index is 12.0. The molecule has 2 aromatic carbocycles. The fraction of sp³-hybridized carbons (Fsp3) is 0.267. The Morgan fingerprint density at radius 3 is 2.65 bits per heavy atom. The Morgan fingerprint density at radius 2 is 2.00 bits per heavy atom. The second-order valence-electron chi connectivity index (χ2n) is 5.03. The van der Waals surface area contributed by atoms with E-state index in [9.17, 15) is 9.90 Å². The summed E-state index contributed by atoms with van der Waals surface area (Å²) in [5.74, 6) is 0.134. The number of phenolic OH excluding ortho intramolecular Hbond substituents is 1. The predicted octanol–water partition coefficient (Wildman–Crippen LogP) is 2.08. The van der Waals surface area contributed by atoms with Gasteiger partial charge in [0.25, 0.3) is 0 Å². The summed E-state index contributed by atoms with van der Waals surface area (Å²) >= 11 is 0. The predicted molar refractivity (Wildman–Crippen MR) is 75.8 cm³/mol. The maximum Gasteiger partial charge on any atom is 0.415 e. The molecule has 20 heavy (non-hydrogen) atoms. The third-order valence-corrected chi connectivity index (χ3v) is 3.51. The number of nitrogens with zero attached hydrogens (tertiary/aromatic N) is 1. The van der Waals surface area contributed by atoms with Crippen molar-refractivity contribution in [1.82, 2.24) is 4.90 Å². The first-order valence-corrected chi connectivity index (χ1v) is 6.57. The fourth-order valence-corrected chi connectivity index (χ4v) is 2.40. The summed E-state index contributed by atoms with van der Waals surface area (Å²) in [4.78, 5) is 13.5. The van der Waals surface area contributed by atoms with Crippen molar-refractivity contribution in [2.24, 2.45) is 5.73 Å². The van der Waals surface area contributed by atoms with Gasteiger partial charge in [0.05, 0.1) is 0 Å². The van der Waals surface area contributed by atoms with E-state index in [0.717, 1.165) is 17.2 Å². The van der Waals surface area contributed by atoms with E-state index in [1.54, 1.807) is 17.0 Å². The summed E-state index contributed by atoms with van der Waals surface area (Å²) in [6.45, 7) is 1.08. The highest BCUT2D eigenvalue weighted by Gasteiger charge is 2.25. The van der Waals surface area contributed by atoms with Gasteiger partial charge in [-0.05, 0) is 29.3 Å². The van der Waals surface area contributed by atoms with E-state index in [1.807, 2.05) is 24.3 Å². The second-order valence-corrected chi connectivity index (χ2v) is 5.03. The lowest BCUT2D eigenvalue weighted by Gasteiger charge is -2.16. The molecule has 5 nitrogen and oxygen atoms in total. The Labute approximate surface area is 116 Å². The number of amides is 1. The Bertz CT molecular complexity index is 657. The molecule has 104 valence electrons. The monoisotopic (exact) mass is 272 g/mol. The first-order chi connectivity index (χ1) is 9.63. The summed E-state index contributed by atoms with van der Waals surface area (Å²) in [6.07, 6.45) is 0.308. The molecule has 0 radical (unpaired) electrons. The molecular formula is C15H16N2O3. The van der Waals surface area contributed by atoms with Gasteiger partial charge in [0.2, 0.25) is 0 Å². The Kier molecular flexibility index (Phi) is 3.20. The lowest BCUT2D eigenvalue weighted by molar-refractivity contribution is 0.160. The van der Waals surface area contributed by atoms with Crippen LogP contribution in [0.5, 0.6) is 11.5 Å². The largest absolute Gasteiger partial charge is 0.504 e. The van der Waals surface area contributed by atoms with E-state index in [0.29, 0.717) is 13.1 Å². The van der Waals surface area contributed by atoms with Crippen LogP contribution in [0.25, 0.3) is 10.8 Å². The van der Waals surface area contributed by atoms with Crippen LogP contribution in [0.4, 0.5) is 4.79 Å². The fourth-order valence-electron chi connectivity index (χ4n) is 2.40. The van der Waals surface area contributed by atoms with Gasteiger partial charge >= 0.3 is 6.09 Å². The Balaban J connectivity index is 1.83. The van der Waals surface area contributed by atoms with Crippen LogP contribution in [0, 0.1) is 0 Å². The van der Waals surface area contributed by atoms with E-state index in [1.165, 1.54) is 0 Å². The molecule has 0 spiro atoms. The van der Waals surface area contributed by atoms with Crippen LogP contribution in [0.15, 0.2) is 36.4 Å². The molecule has 1 atom stereocenters. The van der Waals surface area contributed by atoms with Crippen molar-refractivity contribution in [2.45, 2.75) is 12.5 Å². The van der Waals surface area contributed by atoms with E-state index in [4.69, 9.17) is 10.5 Å². The summed E-state index contributed by atoms with van der Waals surface area (Å²) in [7, 11) is 0. The van der Waals surface area contributed by atoms with Crippen molar-refractivity contribution in [2.75, 3.05) is 13.1 Å². The minimum absolute atomic E-state index is 0.00718. The molecule has 2 aromatic rings. The number of rotatable bonds is 1. The molecule has 0 aliphatic carbocycles. The van der Waals surface area contributed by atoms with E-state index >= 15 is 0 Å². The number of phenols is 1. The molecule has 1 fully saturated rings. The first kappa shape index (κ1) is 12.7. The zero-order chi connectivity index (χ0) is 14.1. The topological polar surface area (TPSA) is 75.8 Å². The van der Waals surface area contributed by atoms with Crippen LogP contribution in [-0.4, -0.2) is 35.2 Å². The molecule has 0 bridgehead atoms. The lowest BCUT2D eigenvalue weighted by atomic mass is 10.1. The minimum atomic E-state index is -0.469. The molecule has 0 aromatic heterocycles. The summed E-state index contributed by atoms with van der Waals surface area (Å²) in [5, 5.41) is 11.7. The number of carbonyl (C=O) groups is 1. The van der Waals surface area contributed by atoms with Crippen molar-refractivity contribution in [1.29, 1.82) is 0 Å². The molecule has 1 heterocycles. The first-order valence-electron chi connectivity index (χ1n) is 6.57. The van der Waals surface area contributed by atoms with E-state index in [-0.39, 0.29) is 17.5 Å². The number of likely N-dealkylation sites (tertiary alicyclic amines) is 1. The highest BCUT2D eigenvalue weighted by atomic mass is 16.6. The van der Waals surface area contributed by atoms with Gasteiger partial charge in [0.15, 0.2) is 11.5 Å². The van der Waals surface area contributed by atoms with Gasteiger partial charge in [-0.1, -0.05) is 24.3 Å². The number of ether oxygens (including phenoxy) is 1. The van der Waals surface area contributed by atoms with Crippen LogP contribution in [0.3, 0.4) is 0 Å². The van der Waals surface area contributed by atoms with Crippen LogP contribution in [-0.2, 0) is 0 Å². The zero-order valence-corrected chi connectivity index (χ0v) is 11.0. The Morgan fingerprint density at radius 1 is 1.30 bits per heavy atom. The number of fused-ring (bicyclic) bond motifs is 1. The van der Waals surface area contributed by atoms with Gasteiger partial charge in [-0.25, -0.2) is 4.79 Å². The van der Waals surface area contributed by atoms with E-state index in [2.05, 4.69) is 0 Å². The zero-order valence-electron chi connectivity index (χ0n) is 11.0. The number of aromatic hydroxyl groups is 1. The number of carbonyl (C=O) groups excluding carboxylic acids is 1. The van der Waals surface area contributed by atoms with Gasteiger partial charge in [0, 0.05) is 19.1 Å². The summed E-state index contributed by atoms with van der Waals surface area (Å²) < 4.78 is 5.27. The third kappa shape index (κ3) is 2.40. The van der Waals surface area contributed by atoms with Crippen LogP contribution >= 0.6 is 0 Å². The summed E-state index contributed by atoms with van der Waals surface area (Å²) in [6, 6.07) is 10.8. The second kappa shape index (κ2) is 5.02. The van der Waals surface area contributed by atoms with E-state index < -0.39 is 6.09 Å². The molecule has 1 aliphatic rings. The highest BCUT2D eigenvalue weighted by molar-refractivity contribution is 5.87. The number of benzene rings is 2. The van der Waals surface area contributed by atoms with Gasteiger partial charge < -0.3 is 20.5 Å². The van der Waals surface area contributed by atoms with Crippen LogP contribution in [0.1, 0.15) is 6.42 Å². The average molecular weight is 272 g/mol. The molecule has 1 amide bonds. The average Bonchev–Trinajstić information content (AvgIpc) is 2.86. The number of nitrogens with two attached hydrogens (primary N) is 1. The van der Waals surface area contributed by atoms with Crippen LogP contribution in [0.2, 0.25) is 0 Å². The van der Waals surface area contributed by atoms with Crippen LogP contribution < -0.4 is 10.5 Å². The molecule has 1 saturated heterocycles. The normalized spacial score (nSPS) is 18.4. The molecule has 0 unspecified atom stereocenters. The quantitative estimate of drug-likeness (QED) is 0.833. The lowest BCUT2D eigenvalue weighted by Crippen LogP contribution is -2.34. The molecule has 0 saturated carbocycles. The standard InChI is InChI=1S/C15H16N2O3/c16-12-5-6-17(9-12)15(19)20-14-8-11-4-2-1-3-10(11)7-13(14)18/h1-4,7-8,12,18H,5-6,9,16H2/t12-/m1/s1. The SMILES string of the molecule is N[C@@H]1CCN(C(=O)Oc2cc3ccccc3cc2O)C1. The van der Waals surface area contributed by atoms with Gasteiger partial charge in [0.1, 0.15) is 0 Å². The van der Waals surface area contributed by atoms with Crippen molar-refractivity contribution in [3.63, 3.8) is 0 Å². The summed E-state index contributed by atoms with van der Waals surface area (Å²) in [5.41, 5.74) is 5.76. The molecule has 1 aliphatic heterocycles. The van der Waals surface area contributed by atoms with Gasteiger partial charge in [-0.3, -0.25) is 0 Å². The van der Waals surface area contributed by atoms with Gasteiger partial charge in [-0.15, -0.1) is 0 Å². The molecule has 5 heteroatoms. The van der Waals surface area contributed by atoms with Crippen molar-refractivity contribution < 1.29 is 14.6 Å². The van der Waals surface area contributed by atoms with Gasteiger partial charge in [-0.2, -0.15) is 0 Å². The number of hydrogen-bond acceptors (Lipinski definition) is 4.